The van der Waals surface area contributed by atoms with Gasteiger partial charge >= 0.3 is 6.03 Å². The number of amides is 2. The Morgan fingerprint density at radius 3 is 2.55 bits per heavy atom. The number of hydrogen-bond donors (Lipinski definition) is 3. The second-order valence-electron chi connectivity index (χ2n) is 4.51. The molecule has 2 rings (SSSR count). The van der Waals surface area contributed by atoms with Crippen LogP contribution in [0, 0.1) is 0 Å². The van der Waals surface area contributed by atoms with Gasteiger partial charge in [0.2, 0.25) is 0 Å². The van der Waals surface area contributed by atoms with E-state index in [2.05, 4.69) is 15.8 Å². The highest BCUT2D eigenvalue weighted by molar-refractivity contribution is 6.02. The van der Waals surface area contributed by atoms with Gasteiger partial charge in [0.25, 0.3) is 0 Å². The lowest BCUT2D eigenvalue weighted by atomic mass is 10.1. The van der Waals surface area contributed by atoms with Crippen LogP contribution in [0.5, 0.6) is 11.5 Å². The predicted molar refractivity (Wildman–Crippen MR) is 85.5 cm³/mol. The number of methoxy groups -OCH3 is 1. The first-order valence-corrected chi connectivity index (χ1v) is 6.64. The lowest BCUT2D eigenvalue weighted by Gasteiger charge is -2.07. The largest absolute Gasteiger partial charge is 0.507 e. The molecule has 6 heteroatoms. The molecule has 0 aliphatic rings. The zero-order chi connectivity index (χ0) is 15.9. The molecule has 0 aromatic heterocycles. The fourth-order valence-corrected chi connectivity index (χ4v) is 1.82. The molecule has 0 bridgehead atoms. The topological polar surface area (TPSA) is 83.0 Å². The third kappa shape index (κ3) is 3.99. The van der Waals surface area contributed by atoms with Crippen molar-refractivity contribution in [1.82, 2.24) is 5.43 Å². The van der Waals surface area contributed by atoms with Crippen molar-refractivity contribution in [1.29, 1.82) is 0 Å². The molecule has 0 atom stereocenters. The highest BCUT2D eigenvalue weighted by Crippen LogP contribution is 2.23. The second-order valence-corrected chi connectivity index (χ2v) is 4.51. The standard InChI is InChI=1S/C16H17N3O3/c1-11(14-9-8-13(22-2)10-15(14)20)18-19-16(21)17-12-6-4-3-5-7-12/h3-10,20H,1-2H3,(H2,17,19,21)/b18-11+. The molecule has 0 saturated carbocycles. The molecule has 0 radical (unpaired) electrons. The van der Waals surface area contributed by atoms with Gasteiger partial charge in [0, 0.05) is 17.3 Å². The van der Waals surface area contributed by atoms with Crippen LogP contribution in [0.3, 0.4) is 0 Å². The molecule has 2 aromatic rings. The van der Waals surface area contributed by atoms with Crippen molar-refractivity contribution in [3.05, 3.63) is 54.1 Å². The first-order chi connectivity index (χ1) is 10.6. The molecule has 22 heavy (non-hydrogen) atoms. The molecule has 0 spiro atoms. The van der Waals surface area contributed by atoms with E-state index in [1.54, 1.807) is 31.2 Å². The Kier molecular flexibility index (Phi) is 4.98. The number of nitrogens with one attached hydrogen (secondary N) is 2. The third-order valence-electron chi connectivity index (χ3n) is 2.95. The number of rotatable bonds is 4. The molecule has 0 aliphatic carbocycles. The number of urea groups is 1. The van der Waals surface area contributed by atoms with Gasteiger partial charge in [0.15, 0.2) is 0 Å². The van der Waals surface area contributed by atoms with Gasteiger partial charge in [-0.2, -0.15) is 5.10 Å². The fourth-order valence-electron chi connectivity index (χ4n) is 1.82. The molecule has 2 amide bonds. The summed E-state index contributed by atoms with van der Waals surface area (Å²) in [6, 6.07) is 13.4. The van der Waals surface area contributed by atoms with Crippen LogP contribution < -0.4 is 15.5 Å². The average molecular weight is 299 g/mol. The molecule has 0 fully saturated rings. The first kappa shape index (κ1) is 15.4. The molecule has 2 aromatic carbocycles. The number of aromatic hydroxyl groups is 1. The van der Waals surface area contributed by atoms with Crippen molar-refractivity contribution in [3.8, 4) is 11.5 Å². The minimum atomic E-state index is -0.460. The number of hydrazone groups is 1. The minimum absolute atomic E-state index is 0.0332. The Morgan fingerprint density at radius 2 is 1.91 bits per heavy atom. The van der Waals surface area contributed by atoms with E-state index in [0.717, 1.165) is 0 Å². The van der Waals surface area contributed by atoms with Gasteiger partial charge in [-0.1, -0.05) is 18.2 Å². The number of carbonyl (C=O) groups is 1. The van der Waals surface area contributed by atoms with Gasteiger partial charge in [-0.25, -0.2) is 10.2 Å². The summed E-state index contributed by atoms with van der Waals surface area (Å²) in [6.07, 6.45) is 0. The van der Waals surface area contributed by atoms with E-state index in [1.807, 2.05) is 18.2 Å². The first-order valence-electron chi connectivity index (χ1n) is 6.64. The molecule has 0 saturated heterocycles. The van der Waals surface area contributed by atoms with Crippen molar-refractivity contribution in [2.24, 2.45) is 5.10 Å². The molecular weight excluding hydrogens is 282 g/mol. The lowest BCUT2D eigenvalue weighted by molar-refractivity contribution is 0.252. The summed E-state index contributed by atoms with van der Waals surface area (Å²) in [5, 5.41) is 16.5. The van der Waals surface area contributed by atoms with Crippen molar-refractivity contribution < 1.29 is 14.6 Å². The van der Waals surface area contributed by atoms with Gasteiger partial charge in [-0.3, -0.25) is 0 Å². The maximum atomic E-state index is 11.7. The molecule has 3 N–H and O–H groups in total. The fraction of sp³-hybridized carbons (Fsp3) is 0.125. The Morgan fingerprint density at radius 1 is 1.18 bits per heavy atom. The van der Waals surface area contributed by atoms with Crippen LogP contribution in [0.4, 0.5) is 10.5 Å². The van der Waals surface area contributed by atoms with Crippen molar-refractivity contribution >= 4 is 17.4 Å². The van der Waals surface area contributed by atoms with Gasteiger partial charge in [-0.05, 0) is 31.2 Å². The van der Waals surface area contributed by atoms with Crippen molar-refractivity contribution in [2.45, 2.75) is 6.92 Å². The van der Waals surface area contributed by atoms with Gasteiger partial charge in [0.05, 0.1) is 12.8 Å². The van der Waals surface area contributed by atoms with E-state index >= 15 is 0 Å². The molecule has 0 aliphatic heterocycles. The Labute approximate surface area is 128 Å². The number of phenolic OH excluding ortho intramolecular Hbond substituents is 1. The zero-order valence-electron chi connectivity index (χ0n) is 12.3. The summed E-state index contributed by atoms with van der Waals surface area (Å²) in [6.45, 7) is 1.68. The number of ether oxygens (including phenoxy) is 1. The van der Waals surface area contributed by atoms with Crippen LogP contribution >= 0.6 is 0 Å². The monoisotopic (exact) mass is 299 g/mol. The number of anilines is 1. The summed E-state index contributed by atoms with van der Waals surface area (Å²) in [4.78, 5) is 11.7. The maximum absolute atomic E-state index is 11.7. The summed E-state index contributed by atoms with van der Waals surface area (Å²) in [5.74, 6) is 0.578. The summed E-state index contributed by atoms with van der Waals surface area (Å²) < 4.78 is 5.01. The summed E-state index contributed by atoms with van der Waals surface area (Å²) in [7, 11) is 1.52. The minimum Gasteiger partial charge on any atom is -0.507 e. The highest BCUT2D eigenvalue weighted by atomic mass is 16.5. The van der Waals surface area contributed by atoms with E-state index in [0.29, 0.717) is 22.7 Å². The Bertz CT molecular complexity index is 684. The smallest absolute Gasteiger partial charge is 0.339 e. The van der Waals surface area contributed by atoms with Crippen molar-refractivity contribution in [2.75, 3.05) is 12.4 Å². The van der Waals surface area contributed by atoms with Gasteiger partial charge in [0.1, 0.15) is 11.5 Å². The van der Waals surface area contributed by atoms with Crippen LogP contribution in [0.1, 0.15) is 12.5 Å². The number of hydrogen-bond acceptors (Lipinski definition) is 4. The van der Waals surface area contributed by atoms with E-state index in [1.165, 1.54) is 13.2 Å². The lowest BCUT2D eigenvalue weighted by Crippen LogP contribution is -2.25. The van der Waals surface area contributed by atoms with E-state index in [-0.39, 0.29) is 5.75 Å². The number of carbonyl (C=O) groups excluding carboxylic acids is 1. The molecule has 0 heterocycles. The number of phenols is 1. The Hall–Kier alpha value is -3.02. The van der Waals surface area contributed by atoms with Gasteiger partial charge < -0.3 is 15.2 Å². The number of para-hydroxylation sites is 1. The molecule has 114 valence electrons. The SMILES string of the molecule is COc1ccc(/C(C)=N/NC(=O)Nc2ccccc2)c(O)c1. The zero-order valence-corrected chi connectivity index (χ0v) is 12.3. The summed E-state index contributed by atoms with van der Waals surface area (Å²) >= 11 is 0. The molecular formula is C16H17N3O3. The van der Waals surface area contributed by atoms with E-state index in [9.17, 15) is 9.90 Å². The molecule has 6 nitrogen and oxygen atoms in total. The third-order valence-corrected chi connectivity index (χ3v) is 2.95. The van der Waals surface area contributed by atoms with Crippen LogP contribution in [-0.2, 0) is 0 Å². The quantitative estimate of drug-likeness (QED) is 0.599. The Balaban J connectivity index is 2.02. The van der Waals surface area contributed by atoms with E-state index < -0.39 is 6.03 Å². The number of benzene rings is 2. The number of nitrogens with zero attached hydrogens (tertiary/aromatic N) is 1. The van der Waals surface area contributed by atoms with Crippen LogP contribution in [-0.4, -0.2) is 24.0 Å². The highest BCUT2D eigenvalue weighted by Gasteiger charge is 2.07. The average Bonchev–Trinajstić information content (AvgIpc) is 2.53. The molecule has 0 unspecified atom stereocenters. The predicted octanol–water partition coefficient (Wildman–Crippen LogP) is 2.95. The van der Waals surface area contributed by atoms with Crippen LogP contribution in [0.2, 0.25) is 0 Å². The summed E-state index contributed by atoms with van der Waals surface area (Å²) in [5.41, 5.74) is 4.04. The van der Waals surface area contributed by atoms with Crippen LogP contribution in [0.25, 0.3) is 0 Å². The second kappa shape index (κ2) is 7.12. The maximum Gasteiger partial charge on any atom is 0.339 e. The van der Waals surface area contributed by atoms with Gasteiger partial charge in [-0.15, -0.1) is 0 Å². The van der Waals surface area contributed by atoms with Crippen LogP contribution in [0.15, 0.2) is 53.6 Å². The normalized spacial score (nSPS) is 10.9. The van der Waals surface area contributed by atoms with Crippen molar-refractivity contribution in [3.63, 3.8) is 0 Å². The van der Waals surface area contributed by atoms with E-state index in [4.69, 9.17) is 4.74 Å².